The molecule has 5 heterocycles. The topological polar surface area (TPSA) is 75.9 Å². The molecular weight excluding hydrogens is 1460 g/mol. The summed E-state index contributed by atoms with van der Waals surface area (Å²) in [7, 11) is 0. The van der Waals surface area contributed by atoms with Crippen LogP contribution in [0.3, 0.4) is 0 Å². The first-order chi connectivity index (χ1) is 58.7. The molecule has 19 aromatic rings. The molecule has 0 N–H and O–H groups in total. The summed E-state index contributed by atoms with van der Waals surface area (Å²) < 4.78 is 2.41. The molecule has 0 radical (unpaired) electrons. The molecule has 2 aliphatic rings. The number of rotatable bonds is 14. The summed E-state index contributed by atoms with van der Waals surface area (Å²) in [6, 6.07) is 143. The number of para-hydroxylation sites is 1. The molecule has 16 aromatic carbocycles. The summed E-state index contributed by atoms with van der Waals surface area (Å²) in [4.78, 5) is 32.3. The maximum absolute atomic E-state index is 5.52. The van der Waals surface area contributed by atoms with Gasteiger partial charge in [-0.2, -0.15) is 0 Å². The summed E-state index contributed by atoms with van der Waals surface area (Å²) in [6.07, 6.45) is 0. The molecule has 21 rings (SSSR count). The zero-order chi connectivity index (χ0) is 80.7. The van der Waals surface area contributed by atoms with Gasteiger partial charge in [0.25, 0.3) is 6.71 Å². The quantitative estimate of drug-likeness (QED) is 0.100. The average Bonchev–Trinajstić information content (AvgIpc) is 0.770. The number of anilines is 6. The second-order valence-corrected chi connectivity index (χ2v) is 33.6. The van der Waals surface area contributed by atoms with Gasteiger partial charge in [0.05, 0.1) is 28.1 Å². The number of aromatic nitrogens is 6. The van der Waals surface area contributed by atoms with Gasteiger partial charge < -0.3 is 14.4 Å². The first-order valence-electron chi connectivity index (χ1n) is 41.4. The van der Waals surface area contributed by atoms with E-state index in [9.17, 15) is 0 Å². The van der Waals surface area contributed by atoms with Gasteiger partial charge in [-0.05, 0) is 197 Å². The van der Waals surface area contributed by atoms with E-state index in [2.05, 4.69) is 402 Å². The minimum absolute atomic E-state index is 0.169. The first-order valence-corrected chi connectivity index (χ1v) is 41.4. The third kappa shape index (κ3) is 13.3. The van der Waals surface area contributed by atoms with E-state index in [-0.39, 0.29) is 17.5 Å². The third-order valence-corrected chi connectivity index (χ3v) is 23.9. The lowest BCUT2D eigenvalue weighted by atomic mass is 9.33. The SMILES string of the molecule is CC(C)(C)c1ccc2c(c1)B1c3cc(C(C)(C)C)ccc3N(c3cc(-c4ccccc4)cc(-c4ccccc4)c3)c3cc(-c4ccc5c(c4)c4ccccc4n5-c4ccc(-c5nc(-c6ccccc6)cc(-c6ccccc6)n5)cc4-c4nc(-c5ccccc5)nc(-c5ccccc5)n4)cc(c31)N2c1cc(-c2ccccc2)cc(-c2ccccc2)c1. The smallest absolute Gasteiger partial charge is 0.252 e. The number of hydrogen-bond donors (Lipinski definition) is 0. The van der Waals surface area contributed by atoms with Crippen LogP contribution in [0.1, 0.15) is 52.7 Å². The van der Waals surface area contributed by atoms with Crippen molar-refractivity contribution in [2.45, 2.75) is 52.4 Å². The monoisotopic (exact) mass is 1540 g/mol. The van der Waals surface area contributed by atoms with Gasteiger partial charge in [0.15, 0.2) is 23.3 Å². The largest absolute Gasteiger partial charge is 0.311 e. The van der Waals surface area contributed by atoms with Gasteiger partial charge in [0.2, 0.25) is 0 Å². The van der Waals surface area contributed by atoms with Crippen molar-refractivity contribution in [1.29, 1.82) is 0 Å². The molecular formula is C111H83BN8. The second kappa shape index (κ2) is 29.7. The van der Waals surface area contributed by atoms with Crippen molar-refractivity contribution in [2.75, 3.05) is 9.80 Å². The van der Waals surface area contributed by atoms with Crippen LogP contribution >= 0.6 is 0 Å². The van der Waals surface area contributed by atoms with E-state index in [4.69, 9.17) is 24.9 Å². The zero-order valence-corrected chi connectivity index (χ0v) is 67.7. The van der Waals surface area contributed by atoms with Crippen molar-refractivity contribution in [3.05, 3.63) is 405 Å². The lowest BCUT2D eigenvalue weighted by Crippen LogP contribution is -2.61. The Labute approximate surface area is 700 Å². The molecule has 0 saturated heterocycles. The number of fused-ring (bicyclic) bond motifs is 7. The van der Waals surface area contributed by atoms with E-state index in [1.165, 1.54) is 27.5 Å². The van der Waals surface area contributed by atoms with E-state index < -0.39 is 0 Å². The molecule has 0 spiro atoms. The Hall–Kier alpha value is -14.9. The molecule has 120 heavy (non-hydrogen) atoms. The molecule has 0 amide bonds. The van der Waals surface area contributed by atoms with Crippen LogP contribution in [0.25, 0.3) is 151 Å². The van der Waals surface area contributed by atoms with Crippen LogP contribution in [0.2, 0.25) is 0 Å². The van der Waals surface area contributed by atoms with E-state index >= 15 is 0 Å². The molecule has 0 fully saturated rings. The maximum Gasteiger partial charge on any atom is 0.252 e. The molecule has 0 unspecified atom stereocenters. The van der Waals surface area contributed by atoms with Crippen LogP contribution in [-0.4, -0.2) is 36.2 Å². The Morgan fingerprint density at radius 3 is 1.00 bits per heavy atom. The zero-order valence-electron chi connectivity index (χ0n) is 67.7. The van der Waals surface area contributed by atoms with Crippen molar-refractivity contribution >= 4 is 79.0 Å². The highest BCUT2D eigenvalue weighted by Gasteiger charge is 2.45. The van der Waals surface area contributed by atoms with Crippen LogP contribution < -0.4 is 26.2 Å². The van der Waals surface area contributed by atoms with Crippen molar-refractivity contribution in [3.8, 4) is 129 Å². The minimum Gasteiger partial charge on any atom is -0.311 e. The van der Waals surface area contributed by atoms with E-state index in [0.717, 1.165) is 162 Å². The summed E-state index contributed by atoms with van der Waals surface area (Å²) in [5, 5.41) is 2.17. The molecule has 0 bridgehead atoms. The predicted molar refractivity (Wildman–Crippen MR) is 501 cm³/mol. The highest BCUT2D eigenvalue weighted by atomic mass is 15.2. The van der Waals surface area contributed by atoms with Gasteiger partial charge in [0, 0.05) is 78.3 Å². The Morgan fingerprint density at radius 1 is 0.225 bits per heavy atom. The van der Waals surface area contributed by atoms with Gasteiger partial charge in [-0.15, -0.1) is 0 Å². The molecule has 0 saturated carbocycles. The normalized spacial score (nSPS) is 12.4. The molecule has 570 valence electrons. The second-order valence-electron chi connectivity index (χ2n) is 33.6. The van der Waals surface area contributed by atoms with Gasteiger partial charge >= 0.3 is 0 Å². The van der Waals surface area contributed by atoms with E-state index in [0.29, 0.717) is 23.3 Å². The fourth-order valence-electron chi connectivity index (χ4n) is 17.8. The van der Waals surface area contributed by atoms with Crippen LogP contribution in [-0.2, 0) is 10.8 Å². The molecule has 3 aromatic heterocycles. The maximum atomic E-state index is 5.52. The predicted octanol–water partition coefficient (Wildman–Crippen LogP) is 26.8. The fraction of sp³-hybridized carbons (Fsp3) is 0.0721. The van der Waals surface area contributed by atoms with Crippen molar-refractivity contribution in [2.24, 2.45) is 0 Å². The lowest BCUT2D eigenvalue weighted by Gasteiger charge is -2.45. The summed E-state index contributed by atoms with van der Waals surface area (Å²) in [5.74, 6) is 2.19. The standard InChI is InChI=1S/C111H83BN8/c1-110(2,3)87-53-57-101-94(69-87)112-95-70-88(111(4,5)6)54-58-102(95)119(90-63-84(74-37-19-9-20-38-74)60-85(64-90)75-39-21-10-22-40-75)104-68-86(67-103(105(104)112)118(101)89-61-82(72-33-15-7-16-34-72)59-83(62-89)73-35-17-8-18-36-73)80-51-55-99-92(65-80)91-49-31-32-50-98(91)120(99)100-56-52-81(108-113-96(76-41-23-11-24-42-76)71-97(114-108)77-43-25-12-26-44-77)66-93(100)109-116-106(78-45-27-13-28-46-78)115-107(117-109)79-47-29-14-30-48-79/h7-71H,1-6H3. The summed E-state index contributed by atoms with van der Waals surface area (Å²) in [6.45, 7) is 13.9. The summed E-state index contributed by atoms with van der Waals surface area (Å²) in [5.41, 5.74) is 33.7. The molecule has 0 aliphatic carbocycles. The Bertz CT molecular complexity index is 6700. The van der Waals surface area contributed by atoms with Crippen LogP contribution in [0, 0.1) is 0 Å². The molecule has 9 heteroatoms. The highest BCUT2D eigenvalue weighted by molar-refractivity contribution is 7.00. The van der Waals surface area contributed by atoms with E-state index in [1.54, 1.807) is 0 Å². The Kier molecular flexibility index (Phi) is 18.0. The van der Waals surface area contributed by atoms with Gasteiger partial charge in [0.1, 0.15) is 0 Å². The van der Waals surface area contributed by atoms with Crippen LogP contribution in [0.4, 0.5) is 34.1 Å². The average molecular weight is 1540 g/mol. The summed E-state index contributed by atoms with van der Waals surface area (Å²) >= 11 is 0. The van der Waals surface area contributed by atoms with Crippen LogP contribution in [0.15, 0.2) is 394 Å². The minimum atomic E-state index is -0.189. The van der Waals surface area contributed by atoms with Crippen LogP contribution in [0.5, 0.6) is 0 Å². The fourth-order valence-corrected chi connectivity index (χ4v) is 17.8. The third-order valence-electron chi connectivity index (χ3n) is 23.9. The van der Waals surface area contributed by atoms with Crippen molar-refractivity contribution < 1.29 is 0 Å². The van der Waals surface area contributed by atoms with E-state index in [1.807, 2.05) is 48.5 Å². The molecule has 0 atom stereocenters. The highest BCUT2D eigenvalue weighted by Crippen LogP contribution is 2.51. The Balaban J connectivity index is 0.840. The van der Waals surface area contributed by atoms with Gasteiger partial charge in [-0.3, -0.25) is 0 Å². The van der Waals surface area contributed by atoms with Crippen molar-refractivity contribution in [1.82, 2.24) is 29.5 Å². The van der Waals surface area contributed by atoms with Crippen molar-refractivity contribution in [3.63, 3.8) is 0 Å². The number of nitrogens with zero attached hydrogens (tertiary/aromatic N) is 8. The molecule has 8 nitrogen and oxygen atoms in total. The van der Waals surface area contributed by atoms with Gasteiger partial charge in [-0.1, -0.05) is 333 Å². The Morgan fingerprint density at radius 2 is 0.575 bits per heavy atom. The van der Waals surface area contributed by atoms with Gasteiger partial charge in [-0.25, -0.2) is 24.9 Å². The number of hydrogen-bond acceptors (Lipinski definition) is 7. The molecule has 2 aliphatic heterocycles. The first kappa shape index (κ1) is 72.8. The lowest BCUT2D eigenvalue weighted by molar-refractivity contribution is 0.590. The number of benzene rings is 16.